The molecule has 8 heteroatoms. The lowest BCUT2D eigenvalue weighted by molar-refractivity contribution is 0.0595. The van der Waals surface area contributed by atoms with E-state index >= 15 is 0 Å². The highest BCUT2D eigenvalue weighted by Gasteiger charge is 2.15. The topological polar surface area (TPSA) is 85.7 Å². The van der Waals surface area contributed by atoms with Gasteiger partial charge < -0.3 is 9.72 Å². The first-order valence-corrected chi connectivity index (χ1v) is 7.87. The second-order valence-electron chi connectivity index (χ2n) is 6.03. The Labute approximate surface area is 137 Å². The number of carbonyl (C=O) groups is 1. The van der Waals surface area contributed by atoms with Crippen molar-refractivity contribution in [2.24, 2.45) is 0 Å². The average Bonchev–Trinajstić information content (AvgIpc) is 3.17. The molecule has 0 radical (unpaired) electrons. The molecule has 0 atom stereocenters. The number of rotatable bonds is 3. The molecular weight excluding hydrogens is 314 g/mol. The molecule has 3 rings (SSSR count). The molecule has 0 amide bonds. The maximum absolute atomic E-state index is 11.5. The Morgan fingerprint density at radius 2 is 2.17 bits per heavy atom. The highest BCUT2D eigenvalue weighted by atomic mass is 32.1. The van der Waals surface area contributed by atoms with Crippen LogP contribution in [0.15, 0.2) is 12.3 Å². The Morgan fingerprint density at radius 3 is 2.78 bits per heavy atom. The quantitative estimate of drug-likeness (QED) is 0.746. The van der Waals surface area contributed by atoms with Crippen molar-refractivity contribution < 1.29 is 9.53 Å². The maximum atomic E-state index is 11.5. The van der Waals surface area contributed by atoms with Gasteiger partial charge in [-0.3, -0.25) is 0 Å². The number of aromatic amines is 1. The van der Waals surface area contributed by atoms with Gasteiger partial charge in [0.25, 0.3) is 0 Å². The molecule has 0 aliphatic carbocycles. The first kappa shape index (κ1) is 15.4. The van der Waals surface area contributed by atoms with E-state index in [1.165, 1.54) is 18.4 Å². The minimum Gasteiger partial charge on any atom is -0.464 e. The number of nitrogens with one attached hydrogen (secondary N) is 1. The van der Waals surface area contributed by atoms with Crippen LogP contribution >= 0.6 is 11.3 Å². The van der Waals surface area contributed by atoms with Crippen molar-refractivity contribution in [3.05, 3.63) is 28.7 Å². The monoisotopic (exact) mass is 331 g/mol. The number of fused-ring (bicyclic) bond motifs is 1. The molecule has 0 saturated heterocycles. The highest BCUT2D eigenvalue weighted by molar-refractivity contribution is 7.19. The minimum atomic E-state index is -0.397. The fraction of sp³-hybridized carbons (Fsp3) is 0.333. The molecule has 0 fully saturated rings. The van der Waals surface area contributed by atoms with E-state index in [2.05, 4.69) is 45.8 Å². The van der Waals surface area contributed by atoms with Crippen molar-refractivity contribution in [2.45, 2.75) is 26.3 Å². The van der Waals surface area contributed by atoms with Crippen LogP contribution < -0.4 is 0 Å². The third-order valence-electron chi connectivity index (χ3n) is 3.20. The number of hydrogen-bond acceptors (Lipinski definition) is 6. The van der Waals surface area contributed by atoms with Gasteiger partial charge in [-0.15, -0.1) is 5.10 Å². The van der Waals surface area contributed by atoms with E-state index in [9.17, 15) is 4.79 Å². The maximum Gasteiger partial charge on any atom is 0.354 e. The Morgan fingerprint density at radius 1 is 1.39 bits per heavy atom. The molecule has 3 aromatic heterocycles. The number of H-pyrrole nitrogens is 1. The van der Waals surface area contributed by atoms with E-state index in [0.29, 0.717) is 5.69 Å². The summed E-state index contributed by atoms with van der Waals surface area (Å²) in [5, 5.41) is 9.06. The molecule has 23 heavy (non-hydrogen) atoms. The summed E-state index contributed by atoms with van der Waals surface area (Å²) in [4.78, 5) is 19.8. The Kier molecular flexibility index (Phi) is 3.77. The van der Waals surface area contributed by atoms with Gasteiger partial charge in [0.1, 0.15) is 26.7 Å². The molecule has 0 saturated carbocycles. The fourth-order valence-electron chi connectivity index (χ4n) is 1.96. The van der Waals surface area contributed by atoms with Crippen LogP contribution in [0, 0.1) is 0 Å². The summed E-state index contributed by atoms with van der Waals surface area (Å²) in [6.07, 6.45) is 5.65. The molecule has 0 spiro atoms. The van der Waals surface area contributed by atoms with Crippen LogP contribution in [0.3, 0.4) is 0 Å². The summed E-state index contributed by atoms with van der Waals surface area (Å²) in [6, 6.07) is 1.69. The van der Waals surface area contributed by atoms with E-state index in [1.54, 1.807) is 6.07 Å². The zero-order valence-corrected chi connectivity index (χ0v) is 14.1. The number of carbonyl (C=O) groups excluding carboxylic acids is 1. The Bertz CT molecular complexity index is 850. The van der Waals surface area contributed by atoms with Crippen molar-refractivity contribution in [1.82, 2.24) is 25.0 Å². The molecule has 3 heterocycles. The van der Waals surface area contributed by atoms with Crippen molar-refractivity contribution >= 4 is 39.8 Å². The minimum absolute atomic E-state index is 0.0968. The molecule has 7 nitrogen and oxygen atoms in total. The largest absolute Gasteiger partial charge is 0.464 e. The molecule has 0 aliphatic heterocycles. The summed E-state index contributed by atoms with van der Waals surface area (Å²) in [5.74, 6) is -0.397. The zero-order chi connectivity index (χ0) is 16.6. The number of aromatic nitrogens is 5. The molecule has 1 N–H and O–H groups in total. The highest BCUT2D eigenvalue weighted by Crippen LogP contribution is 2.24. The van der Waals surface area contributed by atoms with Crippen LogP contribution in [0.25, 0.3) is 22.5 Å². The number of nitrogens with zero attached hydrogens (tertiary/aromatic N) is 4. The lowest BCUT2D eigenvalue weighted by atomic mass is 10.1. The van der Waals surface area contributed by atoms with Gasteiger partial charge in [-0.1, -0.05) is 16.6 Å². The fourth-order valence-corrected chi connectivity index (χ4v) is 2.82. The number of thiazole rings is 1. The molecule has 0 unspecified atom stereocenters. The number of methoxy groups -OCH3 is 1. The van der Waals surface area contributed by atoms with Crippen LogP contribution in [-0.2, 0) is 10.3 Å². The number of hydrogen-bond donors (Lipinski definition) is 1. The predicted octanol–water partition coefficient (Wildman–Crippen LogP) is 2.93. The molecule has 0 aromatic carbocycles. The lowest BCUT2D eigenvalue weighted by Crippen LogP contribution is -2.22. The molecule has 120 valence electrons. The van der Waals surface area contributed by atoms with Gasteiger partial charge in [-0.05, 0) is 39.0 Å². The summed E-state index contributed by atoms with van der Waals surface area (Å²) in [5.41, 5.74) is 1.83. The number of esters is 1. The van der Waals surface area contributed by atoms with Crippen LogP contribution in [0.2, 0.25) is 0 Å². The third kappa shape index (κ3) is 3.16. The van der Waals surface area contributed by atoms with E-state index < -0.39 is 5.97 Å². The van der Waals surface area contributed by atoms with E-state index in [1.807, 2.05) is 23.0 Å². The van der Waals surface area contributed by atoms with Crippen molar-refractivity contribution in [1.29, 1.82) is 0 Å². The summed E-state index contributed by atoms with van der Waals surface area (Å²) < 4.78 is 6.50. The van der Waals surface area contributed by atoms with Crippen LogP contribution in [0.5, 0.6) is 0 Å². The van der Waals surface area contributed by atoms with Gasteiger partial charge in [-0.25, -0.2) is 14.5 Å². The summed E-state index contributed by atoms with van der Waals surface area (Å²) in [6.45, 7) is 6.20. The number of ether oxygens (including phenoxy) is 1. The van der Waals surface area contributed by atoms with Gasteiger partial charge in [-0.2, -0.15) is 0 Å². The smallest absolute Gasteiger partial charge is 0.354 e. The van der Waals surface area contributed by atoms with Gasteiger partial charge in [0.05, 0.1) is 18.8 Å². The Balaban J connectivity index is 1.80. The lowest BCUT2D eigenvalue weighted by Gasteiger charge is -2.17. The summed E-state index contributed by atoms with van der Waals surface area (Å²) >= 11 is 1.46. The second-order valence-corrected chi connectivity index (χ2v) is 7.06. The van der Waals surface area contributed by atoms with Gasteiger partial charge >= 0.3 is 5.97 Å². The average molecular weight is 331 g/mol. The van der Waals surface area contributed by atoms with Crippen molar-refractivity contribution in [3.8, 4) is 0 Å². The SMILES string of the molecule is COC(=O)c1cc2nc(C=Cc3cn(C(C)(C)C)nn3)sc2[nH]1. The van der Waals surface area contributed by atoms with Crippen molar-refractivity contribution in [3.63, 3.8) is 0 Å². The molecule has 0 bridgehead atoms. The second kappa shape index (κ2) is 5.62. The standard InChI is InChI=1S/C15H17N5O2S/c1-15(2,3)20-8-9(18-19-20)5-6-12-16-10-7-11(14(21)22-4)17-13(10)23-12/h5-8,17H,1-4H3. The van der Waals surface area contributed by atoms with Crippen LogP contribution in [0.4, 0.5) is 0 Å². The zero-order valence-electron chi connectivity index (χ0n) is 13.3. The molecule has 3 aromatic rings. The van der Waals surface area contributed by atoms with Gasteiger partial charge in [0, 0.05) is 0 Å². The van der Waals surface area contributed by atoms with Crippen LogP contribution in [0.1, 0.15) is 42.0 Å². The van der Waals surface area contributed by atoms with Gasteiger partial charge in [0.15, 0.2) is 0 Å². The van der Waals surface area contributed by atoms with Crippen molar-refractivity contribution in [2.75, 3.05) is 7.11 Å². The van der Waals surface area contributed by atoms with Gasteiger partial charge in [0.2, 0.25) is 0 Å². The third-order valence-corrected chi connectivity index (χ3v) is 4.15. The van der Waals surface area contributed by atoms with E-state index in [0.717, 1.165) is 21.0 Å². The predicted molar refractivity (Wildman–Crippen MR) is 89.3 cm³/mol. The normalized spacial score (nSPS) is 12.3. The van der Waals surface area contributed by atoms with E-state index in [4.69, 9.17) is 0 Å². The van der Waals surface area contributed by atoms with Crippen LogP contribution in [-0.4, -0.2) is 38.0 Å². The Hall–Kier alpha value is -2.48. The van der Waals surface area contributed by atoms with E-state index in [-0.39, 0.29) is 5.54 Å². The first-order chi connectivity index (χ1) is 10.9. The first-order valence-electron chi connectivity index (χ1n) is 7.05. The molecular formula is C15H17N5O2S. The molecule has 0 aliphatic rings. The summed E-state index contributed by atoms with van der Waals surface area (Å²) in [7, 11) is 1.35.